The van der Waals surface area contributed by atoms with Crippen LogP contribution in [-0.4, -0.2) is 36.1 Å². The van der Waals surface area contributed by atoms with Crippen molar-refractivity contribution in [2.24, 2.45) is 5.10 Å². The molecule has 1 fully saturated rings. The van der Waals surface area contributed by atoms with Crippen LogP contribution < -0.4 is 10.3 Å². The van der Waals surface area contributed by atoms with Crippen LogP contribution in [0.25, 0.3) is 0 Å². The summed E-state index contributed by atoms with van der Waals surface area (Å²) in [6.07, 6.45) is -0.0658. The molecular weight excluding hydrogens is 310 g/mol. The van der Waals surface area contributed by atoms with Gasteiger partial charge in [0, 0.05) is 11.4 Å². The van der Waals surface area contributed by atoms with Gasteiger partial charge in [0.25, 0.3) is 5.91 Å². The van der Waals surface area contributed by atoms with Crippen LogP contribution in [0.1, 0.15) is 12.8 Å². The van der Waals surface area contributed by atoms with Crippen molar-refractivity contribution in [3.8, 4) is 0 Å². The summed E-state index contributed by atoms with van der Waals surface area (Å²) in [5.41, 5.74) is 1.90. The van der Waals surface area contributed by atoms with Gasteiger partial charge in [-0.15, -0.1) is 0 Å². The highest BCUT2D eigenvalue weighted by atomic mass is 35.5. The van der Waals surface area contributed by atoms with E-state index in [0.29, 0.717) is 10.7 Å². The highest BCUT2D eigenvalue weighted by molar-refractivity contribution is 6.39. The van der Waals surface area contributed by atoms with Crippen LogP contribution in [0, 0.1) is 0 Å². The maximum atomic E-state index is 12.7. The van der Waals surface area contributed by atoms with E-state index in [1.807, 2.05) is 0 Å². The minimum atomic E-state index is -1.22. The Morgan fingerprint density at radius 2 is 2.18 bits per heavy atom. The number of imide groups is 1. The molecule has 0 aliphatic carbocycles. The number of halogens is 1. The predicted molar refractivity (Wildman–Crippen MR) is 78.5 cm³/mol. The van der Waals surface area contributed by atoms with E-state index in [2.05, 4.69) is 15.3 Å². The Morgan fingerprint density at radius 1 is 1.41 bits per heavy atom. The van der Waals surface area contributed by atoms with Gasteiger partial charge in [0.2, 0.25) is 5.91 Å². The molecule has 2 aliphatic heterocycles. The number of hydrogen-bond acceptors (Lipinski definition) is 6. The van der Waals surface area contributed by atoms with Crippen molar-refractivity contribution in [2.75, 3.05) is 12.0 Å². The number of esters is 1. The first-order chi connectivity index (χ1) is 10.5. The van der Waals surface area contributed by atoms with Crippen molar-refractivity contribution in [1.29, 1.82) is 0 Å². The second-order valence-corrected chi connectivity index (χ2v) is 5.55. The van der Waals surface area contributed by atoms with Crippen molar-refractivity contribution in [1.82, 2.24) is 5.43 Å². The van der Waals surface area contributed by atoms with Crippen molar-refractivity contribution in [3.63, 3.8) is 0 Å². The maximum absolute atomic E-state index is 12.7. The molecule has 0 radical (unpaired) electrons. The molecule has 1 spiro atoms. The van der Waals surface area contributed by atoms with Crippen molar-refractivity contribution in [2.45, 2.75) is 18.4 Å². The molecule has 1 aromatic carbocycles. The molecule has 2 heterocycles. The third-order valence-electron chi connectivity index (χ3n) is 3.68. The highest BCUT2D eigenvalue weighted by Crippen LogP contribution is 2.35. The predicted octanol–water partition coefficient (Wildman–Crippen LogP) is 0.864. The summed E-state index contributed by atoms with van der Waals surface area (Å²) in [7, 11) is 1.23. The van der Waals surface area contributed by atoms with E-state index in [-0.39, 0.29) is 24.5 Å². The van der Waals surface area contributed by atoms with E-state index < -0.39 is 17.4 Å². The molecule has 2 amide bonds. The summed E-state index contributed by atoms with van der Waals surface area (Å²) in [5.74, 6) is -1.45. The smallest absolute Gasteiger partial charge is 0.354 e. The van der Waals surface area contributed by atoms with Crippen molar-refractivity contribution in [3.05, 3.63) is 29.3 Å². The summed E-state index contributed by atoms with van der Waals surface area (Å²) in [6.45, 7) is 0. The number of anilines is 1. The first kappa shape index (κ1) is 14.5. The average molecular weight is 322 g/mol. The van der Waals surface area contributed by atoms with Gasteiger partial charge in [0.1, 0.15) is 11.3 Å². The average Bonchev–Trinajstić information content (AvgIpc) is 3.01. The second-order valence-electron chi connectivity index (χ2n) is 5.11. The molecule has 0 saturated carbocycles. The molecule has 22 heavy (non-hydrogen) atoms. The quantitative estimate of drug-likeness (QED) is 0.645. The normalized spacial score (nSPS) is 23.7. The second kappa shape index (κ2) is 5.10. The summed E-state index contributed by atoms with van der Waals surface area (Å²) >= 11 is 5.90. The van der Waals surface area contributed by atoms with Gasteiger partial charge in [0.05, 0.1) is 19.2 Å². The van der Waals surface area contributed by atoms with Gasteiger partial charge in [-0.1, -0.05) is 17.7 Å². The highest BCUT2D eigenvalue weighted by Gasteiger charge is 2.56. The number of hydrogen-bond donors (Lipinski definition) is 1. The Balaban J connectivity index is 1.89. The Kier molecular flexibility index (Phi) is 3.37. The molecule has 114 valence electrons. The van der Waals surface area contributed by atoms with Gasteiger partial charge < -0.3 is 4.74 Å². The van der Waals surface area contributed by atoms with Crippen LogP contribution in [0.4, 0.5) is 5.69 Å². The Bertz CT molecular complexity index is 718. The standard InChI is InChI=1S/C14H12ClN3O4/c1-22-12(20)10-6-14(17-16-10)7-11(19)18(13(14)21)9-4-2-3-8(15)5-9/h2-5,17H,6-7H2,1H3/t14-/m1/s1. The van der Waals surface area contributed by atoms with Gasteiger partial charge in [-0.2, -0.15) is 5.10 Å². The lowest BCUT2D eigenvalue weighted by molar-refractivity contribution is -0.132. The number of carbonyl (C=O) groups is 3. The molecule has 1 atom stereocenters. The van der Waals surface area contributed by atoms with Crippen molar-refractivity contribution < 1.29 is 19.1 Å². The maximum Gasteiger partial charge on any atom is 0.354 e. The summed E-state index contributed by atoms with van der Waals surface area (Å²) in [5, 5.41) is 4.26. The molecule has 8 heteroatoms. The van der Waals surface area contributed by atoms with Crippen LogP contribution >= 0.6 is 11.6 Å². The monoisotopic (exact) mass is 321 g/mol. The van der Waals surface area contributed by atoms with Crippen LogP contribution in [0.3, 0.4) is 0 Å². The van der Waals surface area contributed by atoms with Gasteiger partial charge in [-0.05, 0) is 18.2 Å². The minimum Gasteiger partial charge on any atom is -0.464 e. The molecule has 1 saturated heterocycles. The molecule has 1 aromatic rings. The lowest BCUT2D eigenvalue weighted by Gasteiger charge is -2.21. The van der Waals surface area contributed by atoms with E-state index in [1.54, 1.807) is 18.2 Å². The number of carbonyl (C=O) groups excluding carboxylic acids is 3. The largest absolute Gasteiger partial charge is 0.464 e. The first-order valence-electron chi connectivity index (χ1n) is 6.52. The minimum absolute atomic E-state index is 0.0152. The number of nitrogens with zero attached hydrogens (tertiary/aromatic N) is 2. The lowest BCUT2D eigenvalue weighted by Crippen LogP contribution is -2.47. The number of benzene rings is 1. The zero-order valence-electron chi connectivity index (χ0n) is 11.6. The van der Waals surface area contributed by atoms with Crippen LogP contribution in [-0.2, 0) is 19.1 Å². The Labute approximate surface area is 130 Å². The number of hydrazone groups is 1. The van der Waals surface area contributed by atoms with Crippen LogP contribution in [0.2, 0.25) is 5.02 Å². The molecule has 7 nitrogen and oxygen atoms in total. The first-order valence-corrected chi connectivity index (χ1v) is 6.90. The van der Waals surface area contributed by atoms with E-state index >= 15 is 0 Å². The van der Waals surface area contributed by atoms with Gasteiger partial charge in [-0.3, -0.25) is 15.0 Å². The fraction of sp³-hybridized carbons (Fsp3) is 0.286. The Morgan fingerprint density at radius 3 is 2.86 bits per heavy atom. The zero-order valence-corrected chi connectivity index (χ0v) is 12.4. The zero-order chi connectivity index (χ0) is 15.9. The van der Waals surface area contributed by atoms with E-state index in [1.165, 1.54) is 13.2 Å². The van der Waals surface area contributed by atoms with E-state index in [0.717, 1.165) is 4.90 Å². The van der Waals surface area contributed by atoms with Gasteiger partial charge >= 0.3 is 5.97 Å². The SMILES string of the molecule is COC(=O)C1=NN[C@@]2(CC(=O)N(c3cccc(Cl)c3)C2=O)C1. The number of ether oxygens (including phenoxy) is 1. The van der Waals surface area contributed by atoms with Crippen molar-refractivity contribution >= 4 is 40.8 Å². The lowest BCUT2D eigenvalue weighted by atomic mass is 9.93. The topological polar surface area (TPSA) is 88.1 Å². The number of nitrogens with one attached hydrogen (secondary N) is 1. The molecule has 3 rings (SSSR count). The molecule has 0 unspecified atom stereocenters. The van der Waals surface area contributed by atoms with Crippen LogP contribution in [0.15, 0.2) is 29.4 Å². The summed E-state index contributed by atoms with van der Waals surface area (Å²) in [6, 6.07) is 6.46. The van der Waals surface area contributed by atoms with Gasteiger partial charge in [0.15, 0.2) is 0 Å². The summed E-state index contributed by atoms with van der Waals surface area (Å²) < 4.78 is 4.59. The number of amides is 2. The number of methoxy groups -OCH3 is 1. The van der Waals surface area contributed by atoms with Gasteiger partial charge in [-0.25, -0.2) is 9.69 Å². The number of rotatable bonds is 2. The fourth-order valence-electron chi connectivity index (χ4n) is 2.62. The summed E-state index contributed by atoms with van der Waals surface area (Å²) in [4.78, 5) is 37.5. The molecule has 0 aromatic heterocycles. The third-order valence-corrected chi connectivity index (χ3v) is 3.91. The third kappa shape index (κ3) is 2.14. The van der Waals surface area contributed by atoms with E-state index in [9.17, 15) is 14.4 Å². The van der Waals surface area contributed by atoms with E-state index in [4.69, 9.17) is 11.6 Å². The Hall–Kier alpha value is -2.41. The molecule has 1 N–H and O–H groups in total. The fourth-order valence-corrected chi connectivity index (χ4v) is 2.80. The molecule has 2 aliphatic rings. The molecule has 0 bridgehead atoms. The van der Waals surface area contributed by atoms with Crippen LogP contribution in [0.5, 0.6) is 0 Å². The molecular formula is C14H12ClN3O4.